The van der Waals surface area contributed by atoms with Crippen LogP contribution in [0.25, 0.3) is 0 Å². The minimum absolute atomic E-state index is 0.799. The Morgan fingerprint density at radius 2 is 2.11 bits per heavy atom. The van der Waals surface area contributed by atoms with Gasteiger partial charge in [-0.25, -0.2) is 0 Å². The standard InChI is InChI=1S/C21H33N5O2/c1-24-11-3-6-19(24)18-25(2)21(23-10-8-20-7-4-15-28-20)22-9-5-12-26-13-16-27-17-14-26/h3-4,6-7,11,15H,5,8-10,12-14,16-18H2,1-2H3,(H,22,23). The fraction of sp³-hybridized carbons (Fsp3) is 0.571. The van der Waals surface area contributed by atoms with Crippen LogP contribution < -0.4 is 5.32 Å². The van der Waals surface area contributed by atoms with E-state index in [4.69, 9.17) is 14.1 Å². The summed E-state index contributed by atoms with van der Waals surface area (Å²) in [6.07, 6.45) is 5.70. The molecule has 2 aromatic rings. The molecule has 0 aromatic carbocycles. The number of furan rings is 1. The molecule has 0 spiro atoms. The number of rotatable bonds is 9. The van der Waals surface area contributed by atoms with Gasteiger partial charge in [0.05, 0.1) is 26.0 Å². The molecule has 1 aliphatic heterocycles. The first-order valence-electron chi connectivity index (χ1n) is 10.1. The number of ether oxygens (including phenoxy) is 1. The predicted molar refractivity (Wildman–Crippen MR) is 111 cm³/mol. The maximum atomic E-state index is 5.43. The number of morpholine rings is 1. The van der Waals surface area contributed by atoms with Gasteiger partial charge in [-0.3, -0.25) is 9.89 Å². The van der Waals surface area contributed by atoms with Gasteiger partial charge >= 0.3 is 0 Å². The lowest BCUT2D eigenvalue weighted by Gasteiger charge is -2.26. The highest BCUT2D eigenvalue weighted by molar-refractivity contribution is 5.79. The van der Waals surface area contributed by atoms with Gasteiger partial charge in [-0.2, -0.15) is 0 Å². The molecule has 154 valence electrons. The van der Waals surface area contributed by atoms with Crippen molar-refractivity contribution >= 4 is 5.96 Å². The van der Waals surface area contributed by atoms with Crippen LogP contribution in [0.4, 0.5) is 0 Å². The van der Waals surface area contributed by atoms with Gasteiger partial charge in [0.2, 0.25) is 0 Å². The number of aliphatic imine (C=N–C) groups is 1. The highest BCUT2D eigenvalue weighted by Crippen LogP contribution is 2.05. The van der Waals surface area contributed by atoms with Crippen molar-refractivity contribution in [2.75, 3.05) is 53.0 Å². The summed E-state index contributed by atoms with van der Waals surface area (Å²) in [5.74, 6) is 1.93. The Bertz CT molecular complexity index is 704. The molecule has 1 fully saturated rings. The van der Waals surface area contributed by atoms with Crippen LogP contribution in [-0.4, -0.2) is 73.3 Å². The van der Waals surface area contributed by atoms with Crippen LogP contribution in [0.5, 0.6) is 0 Å². The van der Waals surface area contributed by atoms with Gasteiger partial charge in [0.1, 0.15) is 5.76 Å². The monoisotopic (exact) mass is 387 g/mol. The summed E-state index contributed by atoms with van der Waals surface area (Å²) in [4.78, 5) is 9.51. The minimum Gasteiger partial charge on any atom is -0.469 e. The van der Waals surface area contributed by atoms with E-state index in [-0.39, 0.29) is 0 Å². The molecule has 0 saturated carbocycles. The van der Waals surface area contributed by atoms with Gasteiger partial charge in [-0.1, -0.05) is 0 Å². The van der Waals surface area contributed by atoms with E-state index in [0.717, 1.165) is 77.0 Å². The number of hydrogen-bond acceptors (Lipinski definition) is 4. The second-order valence-electron chi connectivity index (χ2n) is 7.24. The maximum absolute atomic E-state index is 5.43. The summed E-state index contributed by atoms with van der Waals surface area (Å²) in [6.45, 7) is 7.28. The molecule has 0 unspecified atom stereocenters. The van der Waals surface area contributed by atoms with Crippen molar-refractivity contribution in [2.24, 2.45) is 12.0 Å². The van der Waals surface area contributed by atoms with E-state index < -0.39 is 0 Å². The summed E-state index contributed by atoms with van der Waals surface area (Å²) in [5.41, 5.74) is 1.26. The Kier molecular flexibility index (Phi) is 7.99. The van der Waals surface area contributed by atoms with Gasteiger partial charge < -0.3 is 23.9 Å². The third kappa shape index (κ3) is 6.42. The number of aryl methyl sites for hydroxylation is 1. The van der Waals surface area contributed by atoms with E-state index in [1.165, 1.54) is 5.69 Å². The van der Waals surface area contributed by atoms with E-state index >= 15 is 0 Å². The zero-order valence-corrected chi connectivity index (χ0v) is 17.1. The average Bonchev–Trinajstić information content (AvgIpc) is 3.36. The van der Waals surface area contributed by atoms with Crippen LogP contribution in [0.2, 0.25) is 0 Å². The van der Waals surface area contributed by atoms with Gasteiger partial charge in [0.25, 0.3) is 0 Å². The van der Waals surface area contributed by atoms with E-state index in [2.05, 4.69) is 52.1 Å². The topological polar surface area (TPSA) is 58.2 Å². The molecular weight excluding hydrogens is 354 g/mol. The number of guanidine groups is 1. The van der Waals surface area contributed by atoms with Crippen molar-refractivity contribution in [3.63, 3.8) is 0 Å². The predicted octanol–water partition coefficient (Wildman–Crippen LogP) is 1.96. The van der Waals surface area contributed by atoms with Crippen LogP contribution in [0.3, 0.4) is 0 Å². The minimum atomic E-state index is 0.799. The Morgan fingerprint density at radius 1 is 1.25 bits per heavy atom. The quantitative estimate of drug-likeness (QED) is 0.405. The molecular formula is C21H33N5O2. The number of aromatic nitrogens is 1. The highest BCUT2D eigenvalue weighted by atomic mass is 16.5. The lowest BCUT2D eigenvalue weighted by molar-refractivity contribution is 0.0377. The van der Waals surface area contributed by atoms with Crippen molar-refractivity contribution in [2.45, 2.75) is 19.4 Å². The molecule has 0 aliphatic carbocycles. The van der Waals surface area contributed by atoms with E-state index in [9.17, 15) is 0 Å². The summed E-state index contributed by atoms with van der Waals surface area (Å²) >= 11 is 0. The average molecular weight is 388 g/mol. The lowest BCUT2D eigenvalue weighted by Crippen LogP contribution is -2.40. The fourth-order valence-electron chi connectivity index (χ4n) is 3.35. The second-order valence-corrected chi connectivity index (χ2v) is 7.24. The summed E-state index contributed by atoms with van der Waals surface area (Å²) in [7, 11) is 4.17. The molecule has 1 aliphatic rings. The molecule has 1 saturated heterocycles. The Labute approximate surface area is 168 Å². The fourth-order valence-corrected chi connectivity index (χ4v) is 3.35. The van der Waals surface area contributed by atoms with Crippen molar-refractivity contribution in [1.29, 1.82) is 0 Å². The van der Waals surface area contributed by atoms with Gasteiger partial charge in [0, 0.05) is 65.1 Å². The zero-order valence-electron chi connectivity index (χ0n) is 17.1. The van der Waals surface area contributed by atoms with Crippen molar-refractivity contribution in [3.8, 4) is 0 Å². The Balaban J connectivity index is 1.51. The molecule has 0 amide bonds. The normalized spacial score (nSPS) is 15.7. The molecule has 7 nitrogen and oxygen atoms in total. The van der Waals surface area contributed by atoms with Gasteiger partial charge in [-0.05, 0) is 30.7 Å². The molecule has 0 radical (unpaired) electrons. The third-order valence-corrected chi connectivity index (χ3v) is 5.04. The van der Waals surface area contributed by atoms with Crippen LogP contribution >= 0.6 is 0 Å². The van der Waals surface area contributed by atoms with E-state index in [0.29, 0.717) is 0 Å². The van der Waals surface area contributed by atoms with E-state index in [1.807, 2.05) is 12.1 Å². The van der Waals surface area contributed by atoms with Crippen LogP contribution in [-0.2, 0) is 24.8 Å². The molecule has 2 aromatic heterocycles. The SMILES string of the molecule is CN(Cc1cccn1C)C(=NCCCN1CCOCC1)NCCc1ccco1. The van der Waals surface area contributed by atoms with Crippen LogP contribution in [0.15, 0.2) is 46.1 Å². The Hall–Kier alpha value is -2.25. The first-order chi connectivity index (χ1) is 13.7. The van der Waals surface area contributed by atoms with Crippen molar-refractivity contribution < 1.29 is 9.15 Å². The van der Waals surface area contributed by atoms with Crippen molar-refractivity contribution in [3.05, 3.63) is 48.2 Å². The van der Waals surface area contributed by atoms with Crippen LogP contribution in [0, 0.1) is 0 Å². The third-order valence-electron chi connectivity index (χ3n) is 5.04. The molecule has 7 heteroatoms. The molecule has 28 heavy (non-hydrogen) atoms. The molecule has 3 heterocycles. The Morgan fingerprint density at radius 3 is 2.82 bits per heavy atom. The summed E-state index contributed by atoms with van der Waals surface area (Å²) in [6, 6.07) is 8.16. The zero-order chi connectivity index (χ0) is 19.6. The summed E-state index contributed by atoms with van der Waals surface area (Å²) < 4.78 is 13.0. The highest BCUT2D eigenvalue weighted by Gasteiger charge is 2.11. The van der Waals surface area contributed by atoms with E-state index in [1.54, 1.807) is 6.26 Å². The molecule has 1 N–H and O–H groups in total. The first-order valence-corrected chi connectivity index (χ1v) is 10.1. The second kappa shape index (κ2) is 10.9. The molecule has 0 atom stereocenters. The lowest BCUT2D eigenvalue weighted by atomic mass is 10.3. The van der Waals surface area contributed by atoms with Crippen LogP contribution in [0.1, 0.15) is 17.9 Å². The molecule has 3 rings (SSSR count). The smallest absolute Gasteiger partial charge is 0.194 e. The number of hydrogen-bond donors (Lipinski definition) is 1. The van der Waals surface area contributed by atoms with Gasteiger partial charge in [0.15, 0.2) is 5.96 Å². The first kappa shape index (κ1) is 20.5. The maximum Gasteiger partial charge on any atom is 0.194 e. The van der Waals surface area contributed by atoms with Gasteiger partial charge in [-0.15, -0.1) is 0 Å². The molecule has 0 bridgehead atoms. The van der Waals surface area contributed by atoms with Crippen molar-refractivity contribution in [1.82, 2.24) is 19.7 Å². The number of nitrogens with one attached hydrogen (secondary N) is 1. The largest absolute Gasteiger partial charge is 0.469 e. The summed E-state index contributed by atoms with van der Waals surface area (Å²) in [5, 5.41) is 3.50. The number of nitrogens with zero attached hydrogens (tertiary/aromatic N) is 4.